The maximum atomic E-state index is 5.21. The van der Waals surface area contributed by atoms with Crippen LogP contribution in [0.5, 0.6) is 5.75 Å². The molecule has 0 fully saturated rings. The fourth-order valence-corrected chi connectivity index (χ4v) is 2.60. The highest BCUT2D eigenvalue weighted by Gasteiger charge is 2.10. The third kappa shape index (κ3) is 6.05. The van der Waals surface area contributed by atoms with Crippen molar-refractivity contribution in [2.75, 3.05) is 20.2 Å². The molecule has 2 rings (SSSR count). The van der Waals surface area contributed by atoms with Gasteiger partial charge in [0, 0.05) is 12.6 Å². The molecule has 0 aromatic heterocycles. The molecule has 23 heavy (non-hydrogen) atoms. The topological polar surface area (TPSA) is 33.3 Å². The monoisotopic (exact) mass is 312 g/mol. The van der Waals surface area contributed by atoms with E-state index in [-0.39, 0.29) is 0 Å². The number of ether oxygens (including phenoxy) is 1. The van der Waals surface area contributed by atoms with Gasteiger partial charge in [-0.1, -0.05) is 49.4 Å². The van der Waals surface area contributed by atoms with Gasteiger partial charge in [-0.25, -0.2) is 0 Å². The Morgan fingerprint density at radius 2 is 1.70 bits per heavy atom. The van der Waals surface area contributed by atoms with Crippen molar-refractivity contribution in [1.82, 2.24) is 10.6 Å². The van der Waals surface area contributed by atoms with E-state index >= 15 is 0 Å². The summed E-state index contributed by atoms with van der Waals surface area (Å²) in [6.45, 7) is 5.17. The number of methoxy groups -OCH3 is 1. The van der Waals surface area contributed by atoms with Crippen molar-refractivity contribution in [2.45, 2.75) is 32.4 Å². The molecule has 0 bridgehead atoms. The summed E-state index contributed by atoms with van der Waals surface area (Å²) in [4.78, 5) is 0. The standard InChI is InChI=1S/C20H28N2O/c1-3-14-21-15-13-20(18-7-5-4-6-8-18)22-16-17-9-11-19(23-2)12-10-17/h4-12,20-22H,3,13-16H2,1-2H3. The SMILES string of the molecule is CCCNCCC(NCc1ccc(OC)cc1)c1ccccc1. The van der Waals surface area contributed by atoms with Gasteiger partial charge in [-0.15, -0.1) is 0 Å². The molecule has 0 aliphatic rings. The summed E-state index contributed by atoms with van der Waals surface area (Å²) < 4.78 is 5.21. The van der Waals surface area contributed by atoms with Crippen molar-refractivity contribution in [3.63, 3.8) is 0 Å². The van der Waals surface area contributed by atoms with Gasteiger partial charge < -0.3 is 15.4 Å². The van der Waals surface area contributed by atoms with E-state index < -0.39 is 0 Å². The molecular formula is C20H28N2O. The van der Waals surface area contributed by atoms with E-state index in [4.69, 9.17) is 4.74 Å². The Balaban J connectivity index is 1.93. The molecular weight excluding hydrogens is 284 g/mol. The number of hydrogen-bond donors (Lipinski definition) is 2. The van der Waals surface area contributed by atoms with Crippen molar-refractivity contribution in [3.8, 4) is 5.75 Å². The van der Waals surface area contributed by atoms with E-state index in [1.165, 1.54) is 17.5 Å². The van der Waals surface area contributed by atoms with E-state index in [9.17, 15) is 0 Å². The number of nitrogens with one attached hydrogen (secondary N) is 2. The van der Waals surface area contributed by atoms with Gasteiger partial charge in [-0.2, -0.15) is 0 Å². The molecule has 1 atom stereocenters. The minimum Gasteiger partial charge on any atom is -0.497 e. The number of hydrogen-bond acceptors (Lipinski definition) is 3. The largest absolute Gasteiger partial charge is 0.497 e. The highest BCUT2D eigenvalue weighted by atomic mass is 16.5. The lowest BCUT2D eigenvalue weighted by Crippen LogP contribution is -2.26. The van der Waals surface area contributed by atoms with E-state index in [1.807, 2.05) is 12.1 Å². The van der Waals surface area contributed by atoms with Crippen LogP contribution in [0.25, 0.3) is 0 Å². The Bertz CT molecular complexity index is 539. The van der Waals surface area contributed by atoms with Crippen LogP contribution in [0.15, 0.2) is 54.6 Å². The summed E-state index contributed by atoms with van der Waals surface area (Å²) >= 11 is 0. The summed E-state index contributed by atoms with van der Waals surface area (Å²) in [5.41, 5.74) is 2.62. The van der Waals surface area contributed by atoms with E-state index in [1.54, 1.807) is 7.11 Å². The fraction of sp³-hybridized carbons (Fsp3) is 0.400. The average Bonchev–Trinajstić information content (AvgIpc) is 2.62. The third-order valence-electron chi connectivity index (χ3n) is 3.95. The van der Waals surface area contributed by atoms with Gasteiger partial charge in [0.1, 0.15) is 5.75 Å². The molecule has 2 N–H and O–H groups in total. The van der Waals surface area contributed by atoms with Gasteiger partial charge in [0.05, 0.1) is 7.11 Å². The maximum absolute atomic E-state index is 5.21. The van der Waals surface area contributed by atoms with Crippen LogP contribution in [0, 0.1) is 0 Å². The molecule has 0 saturated heterocycles. The maximum Gasteiger partial charge on any atom is 0.118 e. The van der Waals surface area contributed by atoms with Crippen molar-refractivity contribution in [3.05, 3.63) is 65.7 Å². The van der Waals surface area contributed by atoms with Crippen LogP contribution in [0.2, 0.25) is 0 Å². The van der Waals surface area contributed by atoms with Crippen molar-refractivity contribution in [1.29, 1.82) is 0 Å². The van der Waals surface area contributed by atoms with Crippen LogP contribution in [0.3, 0.4) is 0 Å². The first kappa shape index (κ1) is 17.5. The first-order valence-corrected chi connectivity index (χ1v) is 8.45. The van der Waals surface area contributed by atoms with Gasteiger partial charge in [-0.05, 0) is 49.2 Å². The predicted molar refractivity (Wildman–Crippen MR) is 96.8 cm³/mol. The molecule has 0 amide bonds. The van der Waals surface area contributed by atoms with Gasteiger partial charge >= 0.3 is 0 Å². The molecule has 124 valence electrons. The lowest BCUT2D eigenvalue weighted by atomic mass is 10.0. The third-order valence-corrected chi connectivity index (χ3v) is 3.95. The Kier molecular flexibility index (Phi) is 7.64. The molecule has 2 aromatic rings. The summed E-state index contributed by atoms with van der Waals surface area (Å²) in [5, 5.41) is 7.18. The second-order valence-electron chi connectivity index (χ2n) is 5.73. The van der Waals surface area contributed by atoms with Gasteiger partial charge in [-0.3, -0.25) is 0 Å². The van der Waals surface area contributed by atoms with Crippen LogP contribution < -0.4 is 15.4 Å². The molecule has 3 heteroatoms. The minimum absolute atomic E-state index is 0.364. The Morgan fingerprint density at radius 1 is 0.957 bits per heavy atom. The molecule has 3 nitrogen and oxygen atoms in total. The first-order chi connectivity index (χ1) is 11.3. The van der Waals surface area contributed by atoms with Crippen molar-refractivity contribution in [2.24, 2.45) is 0 Å². The van der Waals surface area contributed by atoms with E-state index in [2.05, 4.69) is 60.0 Å². The summed E-state index contributed by atoms with van der Waals surface area (Å²) in [6.07, 6.45) is 2.26. The zero-order valence-electron chi connectivity index (χ0n) is 14.2. The predicted octanol–water partition coefficient (Wildman–Crippen LogP) is 3.92. The Morgan fingerprint density at radius 3 is 2.35 bits per heavy atom. The van der Waals surface area contributed by atoms with Crippen molar-refractivity contribution >= 4 is 0 Å². The number of benzene rings is 2. The molecule has 2 aromatic carbocycles. The molecule has 0 aliphatic heterocycles. The smallest absolute Gasteiger partial charge is 0.118 e. The van der Waals surface area contributed by atoms with E-state index in [0.29, 0.717) is 6.04 Å². The molecule has 0 spiro atoms. The second kappa shape index (κ2) is 10.0. The first-order valence-electron chi connectivity index (χ1n) is 8.45. The molecule has 1 unspecified atom stereocenters. The average molecular weight is 312 g/mol. The molecule has 0 aliphatic carbocycles. The summed E-state index contributed by atoms with van der Waals surface area (Å²) in [7, 11) is 1.70. The highest BCUT2D eigenvalue weighted by molar-refractivity contribution is 5.27. The highest BCUT2D eigenvalue weighted by Crippen LogP contribution is 2.18. The minimum atomic E-state index is 0.364. The van der Waals surface area contributed by atoms with Crippen LogP contribution in [-0.2, 0) is 6.54 Å². The normalized spacial score (nSPS) is 12.1. The Labute approximate surface area is 140 Å². The van der Waals surface area contributed by atoms with Gasteiger partial charge in [0.2, 0.25) is 0 Å². The van der Waals surface area contributed by atoms with Gasteiger partial charge in [0.25, 0.3) is 0 Å². The van der Waals surface area contributed by atoms with Crippen LogP contribution in [0.4, 0.5) is 0 Å². The zero-order chi connectivity index (χ0) is 16.3. The van der Waals surface area contributed by atoms with Crippen LogP contribution in [0.1, 0.15) is 36.9 Å². The summed E-state index contributed by atoms with van der Waals surface area (Å²) in [5.74, 6) is 0.900. The zero-order valence-corrected chi connectivity index (χ0v) is 14.2. The van der Waals surface area contributed by atoms with Crippen LogP contribution >= 0.6 is 0 Å². The molecule has 0 saturated carbocycles. The molecule has 0 heterocycles. The lowest BCUT2D eigenvalue weighted by molar-refractivity contribution is 0.414. The Hall–Kier alpha value is -1.84. The van der Waals surface area contributed by atoms with Crippen molar-refractivity contribution < 1.29 is 4.74 Å². The summed E-state index contributed by atoms with van der Waals surface area (Å²) in [6, 6.07) is 19.3. The van der Waals surface area contributed by atoms with Gasteiger partial charge in [0.15, 0.2) is 0 Å². The molecule has 0 radical (unpaired) electrons. The number of rotatable bonds is 10. The fourth-order valence-electron chi connectivity index (χ4n) is 2.60. The second-order valence-corrected chi connectivity index (χ2v) is 5.73. The quantitative estimate of drug-likeness (QED) is 0.653. The van der Waals surface area contributed by atoms with Crippen LogP contribution in [-0.4, -0.2) is 20.2 Å². The van der Waals surface area contributed by atoms with E-state index in [0.717, 1.165) is 31.8 Å². The lowest BCUT2D eigenvalue weighted by Gasteiger charge is -2.20.